The molecule has 1 aromatic carbocycles. The second-order valence-corrected chi connectivity index (χ2v) is 4.51. The second kappa shape index (κ2) is 5.29. The molecule has 17 heavy (non-hydrogen) atoms. The Bertz CT molecular complexity index is 396. The fourth-order valence-corrected chi connectivity index (χ4v) is 1.93. The Morgan fingerprint density at radius 3 is 2.18 bits per heavy atom. The van der Waals surface area contributed by atoms with Crippen molar-refractivity contribution in [1.82, 2.24) is 4.90 Å². The van der Waals surface area contributed by atoms with Gasteiger partial charge in [0.15, 0.2) is 6.10 Å². The number of rotatable bonds is 3. The highest BCUT2D eigenvalue weighted by Crippen LogP contribution is 2.23. The molecule has 2 atom stereocenters. The number of benzene rings is 1. The van der Waals surface area contributed by atoms with Gasteiger partial charge in [-0.25, -0.2) is 0 Å². The molecule has 0 heterocycles. The van der Waals surface area contributed by atoms with Gasteiger partial charge in [0.25, 0.3) is 5.91 Å². The predicted molar refractivity (Wildman–Crippen MR) is 67.5 cm³/mol. The third-order valence-electron chi connectivity index (χ3n) is 2.91. The van der Waals surface area contributed by atoms with E-state index in [1.165, 1.54) is 4.90 Å². The first-order valence-corrected chi connectivity index (χ1v) is 5.57. The van der Waals surface area contributed by atoms with Crippen LogP contribution in [0.3, 0.4) is 0 Å². The maximum Gasteiger partial charge on any atom is 0.252 e. The van der Waals surface area contributed by atoms with E-state index in [-0.39, 0.29) is 5.91 Å². The molecular weight excluding hydrogens is 216 g/mol. The van der Waals surface area contributed by atoms with E-state index in [9.17, 15) is 9.90 Å². The quantitative estimate of drug-likeness (QED) is 0.814. The van der Waals surface area contributed by atoms with Crippen molar-refractivity contribution in [1.29, 1.82) is 0 Å². The van der Waals surface area contributed by atoms with Crippen LogP contribution in [-0.4, -0.2) is 36.1 Å². The third kappa shape index (κ3) is 2.84. The summed E-state index contributed by atoms with van der Waals surface area (Å²) in [6.45, 7) is 3.85. The molecule has 94 valence electrons. The Morgan fingerprint density at radius 2 is 1.76 bits per heavy atom. The number of aliphatic hydroxyl groups is 1. The van der Waals surface area contributed by atoms with Gasteiger partial charge < -0.3 is 15.7 Å². The molecule has 0 saturated carbocycles. The fraction of sp³-hybridized carbons (Fsp3) is 0.462. The summed E-state index contributed by atoms with van der Waals surface area (Å²) in [5.74, 6) is -0.375. The lowest BCUT2D eigenvalue weighted by Gasteiger charge is -2.24. The molecule has 0 bridgehead atoms. The molecule has 0 aliphatic carbocycles. The lowest BCUT2D eigenvalue weighted by molar-refractivity contribution is -0.138. The lowest BCUT2D eigenvalue weighted by atomic mass is 9.93. The summed E-state index contributed by atoms with van der Waals surface area (Å²) in [7, 11) is 3.20. The van der Waals surface area contributed by atoms with Gasteiger partial charge in [0.2, 0.25) is 0 Å². The van der Waals surface area contributed by atoms with Crippen LogP contribution in [0.5, 0.6) is 0 Å². The van der Waals surface area contributed by atoms with Gasteiger partial charge in [-0.1, -0.05) is 18.2 Å². The summed E-state index contributed by atoms with van der Waals surface area (Å²) in [6, 6.07) is 5.09. The van der Waals surface area contributed by atoms with Gasteiger partial charge in [0.05, 0.1) is 6.04 Å². The number of amides is 1. The van der Waals surface area contributed by atoms with Gasteiger partial charge >= 0.3 is 0 Å². The van der Waals surface area contributed by atoms with Crippen LogP contribution in [-0.2, 0) is 4.79 Å². The van der Waals surface area contributed by atoms with E-state index in [1.54, 1.807) is 14.1 Å². The number of likely N-dealkylation sites (N-methyl/N-ethyl adjacent to an activating group) is 1. The van der Waals surface area contributed by atoms with E-state index in [0.717, 1.165) is 16.7 Å². The zero-order valence-corrected chi connectivity index (χ0v) is 10.8. The van der Waals surface area contributed by atoms with E-state index in [2.05, 4.69) is 0 Å². The predicted octanol–water partition coefficient (Wildman–Crippen LogP) is 0.752. The molecule has 0 fully saturated rings. The number of aryl methyl sites for hydroxylation is 2. The molecule has 0 saturated heterocycles. The number of carbonyl (C=O) groups is 1. The Labute approximate surface area is 102 Å². The zero-order valence-electron chi connectivity index (χ0n) is 10.8. The standard InChI is InChI=1S/C13H20N2O2/c1-8-6-5-7-9(2)10(8)11(14)12(16)13(17)15(3)4/h5-7,11-12,16H,14H2,1-4H3. The van der Waals surface area contributed by atoms with Crippen LogP contribution in [0.1, 0.15) is 22.7 Å². The highest BCUT2D eigenvalue weighted by atomic mass is 16.3. The van der Waals surface area contributed by atoms with Crippen molar-refractivity contribution in [3.05, 3.63) is 34.9 Å². The largest absolute Gasteiger partial charge is 0.381 e. The maximum atomic E-state index is 11.7. The van der Waals surface area contributed by atoms with Crippen LogP contribution in [0.4, 0.5) is 0 Å². The number of nitrogens with two attached hydrogens (primary N) is 1. The first-order chi connectivity index (χ1) is 7.86. The van der Waals surface area contributed by atoms with Crippen LogP contribution in [0.25, 0.3) is 0 Å². The average molecular weight is 236 g/mol. The van der Waals surface area contributed by atoms with Crippen LogP contribution >= 0.6 is 0 Å². The lowest BCUT2D eigenvalue weighted by Crippen LogP contribution is -2.41. The van der Waals surface area contributed by atoms with Crippen LogP contribution < -0.4 is 5.73 Å². The van der Waals surface area contributed by atoms with Gasteiger partial charge in [0.1, 0.15) is 0 Å². The van der Waals surface area contributed by atoms with E-state index in [4.69, 9.17) is 5.73 Å². The van der Waals surface area contributed by atoms with Crippen LogP contribution in [0, 0.1) is 13.8 Å². The van der Waals surface area contributed by atoms with Crippen molar-refractivity contribution in [3.63, 3.8) is 0 Å². The minimum atomic E-state index is -1.20. The second-order valence-electron chi connectivity index (χ2n) is 4.51. The smallest absolute Gasteiger partial charge is 0.252 e. The first-order valence-electron chi connectivity index (χ1n) is 5.57. The Kier molecular flexibility index (Phi) is 4.26. The summed E-state index contributed by atoms with van der Waals surface area (Å²) < 4.78 is 0. The molecule has 1 amide bonds. The summed E-state index contributed by atoms with van der Waals surface area (Å²) >= 11 is 0. The molecule has 0 aliphatic heterocycles. The Hall–Kier alpha value is -1.39. The molecule has 1 aromatic rings. The minimum absolute atomic E-state index is 0.375. The molecule has 1 rings (SSSR count). The highest BCUT2D eigenvalue weighted by molar-refractivity contribution is 5.81. The topological polar surface area (TPSA) is 66.6 Å². The fourth-order valence-electron chi connectivity index (χ4n) is 1.93. The van der Waals surface area contributed by atoms with E-state index in [1.807, 2.05) is 32.0 Å². The molecule has 2 unspecified atom stereocenters. The maximum absolute atomic E-state index is 11.7. The normalized spacial score (nSPS) is 14.2. The average Bonchev–Trinajstić information content (AvgIpc) is 2.26. The summed E-state index contributed by atoms with van der Waals surface area (Å²) in [5, 5.41) is 9.94. The monoisotopic (exact) mass is 236 g/mol. The molecule has 0 radical (unpaired) electrons. The van der Waals surface area contributed by atoms with Crippen LogP contribution in [0.2, 0.25) is 0 Å². The van der Waals surface area contributed by atoms with Crippen molar-refractivity contribution in [2.75, 3.05) is 14.1 Å². The van der Waals surface area contributed by atoms with E-state index in [0.29, 0.717) is 0 Å². The molecule has 3 N–H and O–H groups in total. The van der Waals surface area contributed by atoms with Crippen molar-refractivity contribution in [2.24, 2.45) is 5.73 Å². The summed E-state index contributed by atoms with van der Waals surface area (Å²) in [6.07, 6.45) is -1.20. The van der Waals surface area contributed by atoms with Crippen LogP contribution in [0.15, 0.2) is 18.2 Å². The van der Waals surface area contributed by atoms with E-state index < -0.39 is 12.1 Å². The number of carbonyl (C=O) groups excluding carboxylic acids is 1. The molecule has 0 aromatic heterocycles. The van der Waals surface area contributed by atoms with Gasteiger partial charge in [-0.2, -0.15) is 0 Å². The molecule has 4 nitrogen and oxygen atoms in total. The van der Waals surface area contributed by atoms with Crippen molar-refractivity contribution >= 4 is 5.91 Å². The summed E-state index contributed by atoms with van der Waals surface area (Å²) in [5.41, 5.74) is 8.80. The number of hydrogen-bond donors (Lipinski definition) is 2. The van der Waals surface area contributed by atoms with E-state index >= 15 is 0 Å². The molecule has 4 heteroatoms. The number of nitrogens with zero attached hydrogens (tertiary/aromatic N) is 1. The van der Waals surface area contributed by atoms with Gasteiger partial charge in [0, 0.05) is 14.1 Å². The SMILES string of the molecule is Cc1cccc(C)c1C(N)C(O)C(=O)N(C)C. The molecular formula is C13H20N2O2. The summed E-state index contributed by atoms with van der Waals surface area (Å²) in [4.78, 5) is 13.0. The first kappa shape index (κ1) is 13.7. The Morgan fingerprint density at radius 1 is 1.29 bits per heavy atom. The van der Waals surface area contributed by atoms with Gasteiger partial charge in [-0.15, -0.1) is 0 Å². The van der Waals surface area contributed by atoms with Gasteiger partial charge in [-0.05, 0) is 30.5 Å². The zero-order chi connectivity index (χ0) is 13.2. The Balaban J connectivity index is 3.04. The minimum Gasteiger partial charge on any atom is -0.381 e. The van der Waals surface area contributed by atoms with Crippen molar-refractivity contribution in [2.45, 2.75) is 26.0 Å². The highest BCUT2D eigenvalue weighted by Gasteiger charge is 2.27. The number of hydrogen-bond acceptors (Lipinski definition) is 3. The van der Waals surface area contributed by atoms with Crippen molar-refractivity contribution in [3.8, 4) is 0 Å². The van der Waals surface area contributed by atoms with Crippen molar-refractivity contribution < 1.29 is 9.90 Å². The van der Waals surface area contributed by atoms with Gasteiger partial charge in [-0.3, -0.25) is 4.79 Å². The third-order valence-corrected chi connectivity index (χ3v) is 2.91. The molecule has 0 aliphatic rings. The number of aliphatic hydroxyl groups excluding tert-OH is 1. The molecule has 0 spiro atoms.